The average Bonchev–Trinajstić information content (AvgIpc) is 2.93. The minimum absolute atomic E-state index is 0.762. The average molecular weight is 255 g/mol. The van der Waals surface area contributed by atoms with Gasteiger partial charge in [-0.2, -0.15) is 5.10 Å². The van der Waals surface area contributed by atoms with E-state index in [0.29, 0.717) is 0 Å². The van der Waals surface area contributed by atoms with Gasteiger partial charge in [0, 0.05) is 25.0 Å². The third kappa shape index (κ3) is 3.44. The van der Waals surface area contributed by atoms with Crippen LogP contribution in [-0.2, 0) is 13.0 Å². The smallest absolute Gasteiger partial charge is 0.0490 e. The number of H-pyrrole nitrogens is 1. The van der Waals surface area contributed by atoms with Gasteiger partial charge in [0.1, 0.15) is 0 Å². The fourth-order valence-electron chi connectivity index (χ4n) is 3.01. The maximum atomic E-state index is 4.04. The molecule has 1 fully saturated rings. The minimum atomic E-state index is 0.762. The zero-order valence-electron chi connectivity index (χ0n) is 11.3. The molecular formula is C16H21N3. The van der Waals surface area contributed by atoms with Crippen LogP contribution in [0.5, 0.6) is 0 Å². The molecule has 0 radical (unpaired) electrons. The van der Waals surface area contributed by atoms with E-state index in [-0.39, 0.29) is 0 Å². The lowest BCUT2D eigenvalue weighted by Gasteiger charge is -2.32. The number of aromatic nitrogens is 2. The Morgan fingerprint density at radius 2 is 2.11 bits per heavy atom. The third-order valence-corrected chi connectivity index (χ3v) is 3.92. The highest BCUT2D eigenvalue weighted by Crippen LogP contribution is 2.21. The molecule has 0 bridgehead atoms. The SMILES string of the molecule is c1ccc(CN2CCCC(Cc3ccn[nH]3)C2)cc1. The Hall–Kier alpha value is -1.61. The van der Waals surface area contributed by atoms with Gasteiger partial charge in [0.15, 0.2) is 0 Å². The fourth-order valence-corrected chi connectivity index (χ4v) is 3.01. The number of nitrogens with zero attached hydrogens (tertiary/aromatic N) is 2. The molecule has 2 aromatic rings. The van der Waals surface area contributed by atoms with Gasteiger partial charge in [-0.25, -0.2) is 0 Å². The second kappa shape index (κ2) is 6.02. The molecule has 1 aromatic heterocycles. The van der Waals surface area contributed by atoms with Crippen LogP contribution in [0.3, 0.4) is 0 Å². The number of nitrogens with one attached hydrogen (secondary N) is 1. The third-order valence-electron chi connectivity index (χ3n) is 3.92. The second-order valence-corrected chi connectivity index (χ2v) is 5.51. The maximum absolute atomic E-state index is 4.04. The molecule has 1 saturated heterocycles. The lowest BCUT2D eigenvalue weighted by atomic mass is 9.93. The predicted molar refractivity (Wildman–Crippen MR) is 76.7 cm³/mol. The van der Waals surface area contributed by atoms with Crippen molar-refractivity contribution in [1.29, 1.82) is 0 Å². The van der Waals surface area contributed by atoms with Gasteiger partial charge >= 0.3 is 0 Å². The monoisotopic (exact) mass is 255 g/mol. The summed E-state index contributed by atoms with van der Waals surface area (Å²) < 4.78 is 0. The Morgan fingerprint density at radius 3 is 2.89 bits per heavy atom. The molecule has 3 heteroatoms. The minimum Gasteiger partial charge on any atom is -0.299 e. The number of hydrogen-bond donors (Lipinski definition) is 1. The van der Waals surface area contributed by atoms with Gasteiger partial charge in [0.2, 0.25) is 0 Å². The standard InChI is InChI=1S/C16H21N3/c1-2-5-14(6-3-1)12-19-10-4-7-15(13-19)11-16-8-9-17-18-16/h1-3,5-6,8-9,15H,4,7,10-13H2,(H,17,18). The van der Waals surface area contributed by atoms with E-state index in [4.69, 9.17) is 0 Å². The van der Waals surface area contributed by atoms with Gasteiger partial charge in [0.05, 0.1) is 0 Å². The first kappa shape index (κ1) is 12.4. The first-order valence-corrected chi connectivity index (χ1v) is 7.15. The number of rotatable bonds is 4. The van der Waals surface area contributed by atoms with Crippen LogP contribution in [0.4, 0.5) is 0 Å². The second-order valence-electron chi connectivity index (χ2n) is 5.51. The summed E-state index contributed by atoms with van der Waals surface area (Å²) >= 11 is 0. The Morgan fingerprint density at radius 1 is 1.21 bits per heavy atom. The van der Waals surface area contributed by atoms with E-state index in [9.17, 15) is 0 Å². The molecule has 0 amide bonds. The van der Waals surface area contributed by atoms with Crippen molar-refractivity contribution in [3.05, 3.63) is 53.9 Å². The molecule has 2 heterocycles. The largest absolute Gasteiger partial charge is 0.299 e. The zero-order valence-corrected chi connectivity index (χ0v) is 11.3. The molecule has 19 heavy (non-hydrogen) atoms. The molecular weight excluding hydrogens is 234 g/mol. The number of benzene rings is 1. The zero-order chi connectivity index (χ0) is 12.9. The van der Waals surface area contributed by atoms with Crippen LogP contribution in [-0.4, -0.2) is 28.2 Å². The molecule has 0 spiro atoms. The summed E-state index contributed by atoms with van der Waals surface area (Å²) in [5.41, 5.74) is 2.69. The van der Waals surface area contributed by atoms with E-state index >= 15 is 0 Å². The quantitative estimate of drug-likeness (QED) is 0.911. The summed E-state index contributed by atoms with van der Waals surface area (Å²) in [4.78, 5) is 2.58. The van der Waals surface area contributed by atoms with Gasteiger partial charge < -0.3 is 0 Å². The summed E-state index contributed by atoms with van der Waals surface area (Å²) in [5.74, 6) is 0.762. The molecule has 1 N–H and O–H groups in total. The van der Waals surface area contributed by atoms with Crippen LogP contribution in [0.25, 0.3) is 0 Å². The van der Waals surface area contributed by atoms with Crippen molar-refractivity contribution in [3.8, 4) is 0 Å². The molecule has 1 aliphatic heterocycles. The van der Waals surface area contributed by atoms with Crippen LogP contribution in [0, 0.1) is 5.92 Å². The molecule has 1 aliphatic rings. The van der Waals surface area contributed by atoms with Crippen molar-refractivity contribution in [1.82, 2.24) is 15.1 Å². The van der Waals surface area contributed by atoms with Crippen molar-refractivity contribution in [2.24, 2.45) is 5.92 Å². The topological polar surface area (TPSA) is 31.9 Å². The predicted octanol–water partition coefficient (Wildman–Crippen LogP) is 2.86. The molecule has 3 nitrogen and oxygen atoms in total. The Bertz CT molecular complexity index is 478. The van der Waals surface area contributed by atoms with Crippen LogP contribution in [0.1, 0.15) is 24.1 Å². The van der Waals surface area contributed by atoms with Gasteiger partial charge in [-0.15, -0.1) is 0 Å². The molecule has 1 atom stereocenters. The molecule has 0 saturated carbocycles. The molecule has 1 unspecified atom stereocenters. The number of piperidine rings is 1. The number of aromatic amines is 1. The lowest BCUT2D eigenvalue weighted by Crippen LogP contribution is -2.35. The molecule has 100 valence electrons. The van der Waals surface area contributed by atoms with E-state index in [0.717, 1.165) is 18.9 Å². The first-order chi connectivity index (χ1) is 9.40. The van der Waals surface area contributed by atoms with Crippen LogP contribution in [0.15, 0.2) is 42.6 Å². The van der Waals surface area contributed by atoms with Gasteiger partial charge in [-0.3, -0.25) is 10.00 Å². The molecule has 0 aliphatic carbocycles. The van der Waals surface area contributed by atoms with Gasteiger partial charge in [0.25, 0.3) is 0 Å². The maximum Gasteiger partial charge on any atom is 0.0490 e. The highest BCUT2D eigenvalue weighted by atomic mass is 15.1. The number of hydrogen-bond acceptors (Lipinski definition) is 2. The lowest BCUT2D eigenvalue weighted by molar-refractivity contribution is 0.166. The fraction of sp³-hybridized carbons (Fsp3) is 0.438. The van der Waals surface area contributed by atoms with Crippen molar-refractivity contribution in [2.45, 2.75) is 25.8 Å². The molecule has 3 rings (SSSR count). The summed E-state index contributed by atoms with van der Waals surface area (Å²) in [6, 6.07) is 12.9. The van der Waals surface area contributed by atoms with E-state index in [2.05, 4.69) is 51.5 Å². The van der Waals surface area contributed by atoms with Gasteiger partial charge in [-0.05, 0) is 43.4 Å². The van der Waals surface area contributed by atoms with E-state index in [1.54, 1.807) is 0 Å². The summed E-state index contributed by atoms with van der Waals surface area (Å²) in [7, 11) is 0. The van der Waals surface area contributed by atoms with Crippen LogP contribution < -0.4 is 0 Å². The van der Waals surface area contributed by atoms with Crippen LogP contribution >= 0.6 is 0 Å². The van der Waals surface area contributed by atoms with Crippen molar-refractivity contribution in [3.63, 3.8) is 0 Å². The highest BCUT2D eigenvalue weighted by Gasteiger charge is 2.20. The van der Waals surface area contributed by atoms with Crippen molar-refractivity contribution < 1.29 is 0 Å². The summed E-state index contributed by atoms with van der Waals surface area (Å²) in [6.45, 7) is 3.52. The molecule has 1 aromatic carbocycles. The van der Waals surface area contributed by atoms with E-state index in [1.165, 1.54) is 37.2 Å². The van der Waals surface area contributed by atoms with E-state index < -0.39 is 0 Å². The summed E-state index contributed by atoms with van der Waals surface area (Å²) in [5, 5.41) is 7.12. The van der Waals surface area contributed by atoms with Crippen molar-refractivity contribution in [2.75, 3.05) is 13.1 Å². The summed E-state index contributed by atoms with van der Waals surface area (Å²) in [6.07, 6.45) is 5.63. The van der Waals surface area contributed by atoms with Crippen molar-refractivity contribution >= 4 is 0 Å². The highest BCUT2D eigenvalue weighted by molar-refractivity contribution is 5.14. The number of likely N-dealkylation sites (tertiary alicyclic amines) is 1. The van der Waals surface area contributed by atoms with Crippen LogP contribution in [0.2, 0.25) is 0 Å². The van der Waals surface area contributed by atoms with Gasteiger partial charge in [-0.1, -0.05) is 30.3 Å². The first-order valence-electron chi connectivity index (χ1n) is 7.15. The normalized spacial score (nSPS) is 20.5. The Labute approximate surface area is 114 Å². The van der Waals surface area contributed by atoms with E-state index in [1.807, 2.05) is 6.20 Å². The Kier molecular flexibility index (Phi) is 3.94. The Balaban J connectivity index is 1.56.